The first-order valence-electron chi connectivity index (χ1n) is 6.08. The first kappa shape index (κ1) is 13.0. The van der Waals surface area contributed by atoms with Crippen LogP contribution in [-0.2, 0) is 11.3 Å². The lowest BCUT2D eigenvalue weighted by Crippen LogP contribution is -2.26. The Balaban J connectivity index is 1.70. The molecule has 2 aromatic rings. The van der Waals surface area contributed by atoms with Crippen molar-refractivity contribution in [1.29, 1.82) is 0 Å². The Morgan fingerprint density at radius 3 is 3.00 bits per heavy atom. The van der Waals surface area contributed by atoms with Gasteiger partial charge >= 0.3 is 6.09 Å². The van der Waals surface area contributed by atoms with E-state index >= 15 is 0 Å². The number of anilines is 1. The van der Waals surface area contributed by atoms with E-state index in [0.29, 0.717) is 18.9 Å². The van der Waals surface area contributed by atoms with E-state index in [1.54, 1.807) is 16.9 Å². The molecule has 0 unspecified atom stereocenters. The summed E-state index contributed by atoms with van der Waals surface area (Å²) in [5.74, 6) is 0.579. The molecule has 1 saturated heterocycles. The van der Waals surface area contributed by atoms with Crippen molar-refractivity contribution in [2.45, 2.75) is 19.6 Å². The third-order valence-electron chi connectivity index (χ3n) is 2.91. The number of nitrogens with zero attached hydrogens (tertiary/aromatic N) is 5. The number of ether oxygens (including phenoxy) is 1. The van der Waals surface area contributed by atoms with Crippen molar-refractivity contribution in [3.05, 3.63) is 34.7 Å². The van der Waals surface area contributed by atoms with Crippen molar-refractivity contribution < 1.29 is 9.53 Å². The minimum absolute atomic E-state index is 0.256. The van der Waals surface area contributed by atoms with E-state index in [2.05, 4.69) is 31.2 Å². The van der Waals surface area contributed by atoms with Crippen molar-refractivity contribution >= 4 is 27.8 Å². The second kappa shape index (κ2) is 5.20. The van der Waals surface area contributed by atoms with Crippen LogP contribution in [0.1, 0.15) is 5.69 Å². The summed E-state index contributed by atoms with van der Waals surface area (Å²) in [4.78, 5) is 17.6. The van der Waals surface area contributed by atoms with Crippen molar-refractivity contribution in [2.24, 2.45) is 0 Å². The molecular formula is C12H12BrN5O2. The Morgan fingerprint density at radius 2 is 2.35 bits per heavy atom. The van der Waals surface area contributed by atoms with Gasteiger partial charge in [0, 0.05) is 16.9 Å². The minimum Gasteiger partial charge on any atom is -0.442 e. The van der Waals surface area contributed by atoms with Gasteiger partial charge in [-0.1, -0.05) is 5.21 Å². The molecule has 0 aromatic carbocycles. The zero-order chi connectivity index (χ0) is 14.1. The molecule has 1 amide bonds. The third kappa shape index (κ3) is 2.64. The summed E-state index contributed by atoms with van der Waals surface area (Å²) in [7, 11) is 0. The Morgan fingerprint density at radius 1 is 1.50 bits per heavy atom. The van der Waals surface area contributed by atoms with Crippen LogP contribution in [0.15, 0.2) is 29.0 Å². The quantitative estimate of drug-likeness (QED) is 0.853. The number of cyclic esters (lactones) is 1. The normalized spacial score (nSPS) is 18.4. The van der Waals surface area contributed by atoms with Gasteiger partial charge in [-0.05, 0) is 35.0 Å². The zero-order valence-corrected chi connectivity index (χ0v) is 12.3. The fraction of sp³-hybridized carbons (Fsp3) is 0.333. The highest BCUT2D eigenvalue weighted by atomic mass is 79.9. The van der Waals surface area contributed by atoms with E-state index in [1.807, 2.05) is 19.2 Å². The molecule has 0 spiro atoms. The van der Waals surface area contributed by atoms with Crippen LogP contribution in [0, 0.1) is 6.92 Å². The largest absolute Gasteiger partial charge is 0.442 e. The number of carbonyl (C=O) groups is 1. The summed E-state index contributed by atoms with van der Waals surface area (Å²) in [6, 6.07) is 3.61. The van der Waals surface area contributed by atoms with Gasteiger partial charge in [-0.25, -0.2) is 14.5 Å². The van der Waals surface area contributed by atoms with Gasteiger partial charge in [0.05, 0.1) is 18.8 Å². The molecule has 8 heteroatoms. The average molecular weight is 338 g/mol. The molecule has 2 aromatic heterocycles. The molecule has 20 heavy (non-hydrogen) atoms. The molecule has 1 aliphatic heterocycles. The lowest BCUT2D eigenvalue weighted by molar-refractivity contribution is 0.129. The maximum absolute atomic E-state index is 11.9. The summed E-state index contributed by atoms with van der Waals surface area (Å²) in [5.41, 5.74) is 0.834. The van der Waals surface area contributed by atoms with Gasteiger partial charge in [-0.15, -0.1) is 5.10 Å². The van der Waals surface area contributed by atoms with Crippen LogP contribution >= 0.6 is 15.9 Å². The van der Waals surface area contributed by atoms with E-state index in [0.717, 1.165) is 10.2 Å². The highest BCUT2D eigenvalue weighted by Crippen LogP contribution is 2.21. The van der Waals surface area contributed by atoms with E-state index in [4.69, 9.17) is 4.74 Å². The lowest BCUT2D eigenvalue weighted by atomic mass is 10.3. The summed E-state index contributed by atoms with van der Waals surface area (Å²) in [6.07, 6.45) is 2.82. The topological polar surface area (TPSA) is 73.1 Å². The fourth-order valence-electron chi connectivity index (χ4n) is 2.02. The molecule has 1 fully saturated rings. The Hall–Kier alpha value is -1.96. The van der Waals surface area contributed by atoms with Crippen molar-refractivity contribution in [3.63, 3.8) is 0 Å². The number of pyridine rings is 1. The maximum Gasteiger partial charge on any atom is 0.416 e. The van der Waals surface area contributed by atoms with Gasteiger partial charge in [0.25, 0.3) is 0 Å². The molecule has 1 aliphatic rings. The maximum atomic E-state index is 11.9. The van der Waals surface area contributed by atoms with E-state index in [9.17, 15) is 4.79 Å². The second-order valence-corrected chi connectivity index (χ2v) is 5.45. The van der Waals surface area contributed by atoms with Gasteiger partial charge in [-0.3, -0.25) is 4.90 Å². The molecule has 0 saturated carbocycles. The van der Waals surface area contributed by atoms with Crippen molar-refractivity contribution in [2.75, 3.05) is 11.4 Å². The average Bonchev–Trinajstić information content (AvgIpc) is 2.97. The molecular weight excluding hydrogens is 326 g/mol. The van der Waals surface area contributed by atoms with Crippen LogP contribution in [0.25, 0.3) is 0 Å². The predicted molar refractivity (Wildman–Crippen MR) is 74.3 cm³/mol. The van der Waals surface area contributed by atoms with Crippen molar-refractivity contribution in [1.82, 2.24) is 20.0 Å². The van der Waals surface area contributed by atoms with Gasteiger partial charge in [-0.2, -0.15) is 0 Å². The molecule has 3 rings (SSSR count). The number of amides is 1. The lowest BCUT2D eigenvalue weighted by Gasteiger charge is -2.11. The summed E-state index contributed by atoms with van der Waals surface area (Å²) in [6.45, 7) is 2.80. The van der Waals surface area contributed by atoms with Crippen LogP contribution in [-0.4, -0.2) is 38.7 Å². The van der Waals surface area contributed by atoms with Crippen LogP contribution in [0.2, 0.25) is 0 Å². The molecule has 0 aliphatic carbocycles. The van der Waals surface area contributed by atoms with Gasteiger partial charge < -0.3 is 4.74 Å². The van der Waals surface area contributed by atoms with E-state index in [1.165, 1.54) is 4.90 Å². The van der Waals surface area contributed by atoms with E-state index in [-0.39, 0.29) is 12.2 Å². The summed E-state index contributed by atoms with van der Waals surface area (Å²) in [5, 5.41) is 7.85. The molecule has 3 heterocycles. The first-order valence-corrected chi connectivity index (χ1v) is 6.87. The van der Waals surface area contributed by atoms with Crippen LogP contribution < -0.4 is 4.90 Å². The number of hydrogen-bond acceptors (Lipinski definition) is 5. The Kier molecular flexibility index (Phi) is 3.39. The zero-order valence-electron chi connectivity index (χ0n) is 10.7. The van der Waals surface area contributed by atoms with Gasteiger partial charge in [0.2, 0.25) is 0 Å². The molecule has 1 atom stereocenters. The monoisotopic (exact) mass is 337 g/mol. The van der Waals surface area contributed by atoms with Crippen LogP contribution in [0.3, 0.4) is 0 Å². The molecule has 0 bridgehead atoms. The smallest absolute Gasteiger partial charge is 0.416 e. The minimum atomic E-state index is -0.387. The predicted octanol–water partition coefficient (Wildman–Crippen LogP) is 1.77. The number of hydrogen-bond donors (Lipinski definition) is 0. The summed E-state index contributed by atoms with van der Waals surface area (Å²) >= 11 is 3.31. The molecule has 7 nitrogen and oxygen atoms in total. The van der Waals surface area contributed by atoms with Crippen LogP contribution in [0.5, 0.6) is 0 Å². The third-order valence-corrected chi connectivity index (χ3v) is 3.38. The fourth-order valence-corrected chi connectivity index (χ4v) is 2.26. The number of halogens is 1. The Labute approximate surface area is 123 Å². The highest BCUT2D eigenvalue weighted by molar-refractivity contribution is 9.10. The second-order valence-electron chi connectivity index (χ2n) is 4.53. The highest BCUT2D eigenvalue weighted by Gasteiger charge is 2.33. The SMILES string of the molecule is Cc1cn(C[C@H]2CN(c3ccc(Br)cn3)C(=O)O2)nn1. The number of aryl methyl sites for hydroxylation is 1. The van der Waals surface area contributed by atoms with E-state index < -0.39 is 0 Å². The van der Waals surface area contributed by atoms with Gasteiger partial charge in [0.1, 0.15) is 11.9 Å². The molecule has 104 valence electrons. The van der Waals surface area contributed by atoms with Gasteiger partial charge in [0.15, 0.2) is 0 Å². The Bertz CT molecular complexity index is 627. The standard InChI is InChI=1S/C12H12BrN5O2/c1-8-5-17(16-15-8)6-10-7-18(12(19)20-10)11-3-2-9(13)4-14-11/h2-5,10H,6-7H2,1H3/t10-/m0/s1. The first-order chi connectivity index (χ1) is 9.61. The molecule has 0 radical (unpaired) electrons. The van der Waals surface area contributed by atoms with Crippen LogP contribution in [0.4, 0.5) is 10.6 Å². The molecule has 0 N–H and O–H groups in total. The number of carbonyl (C=O) groups excluding carboxylic acids is 1. The van der Waals surface area contributed by atoms with Crippen molar-refractivity contribution in [3.8, 4) is 0 Å². The number of rotatable bonds is 3. The summed E-state index contributed by atoms with van der Waals surface area (Å²) < 4.78 is 7.86. The number of aromatic nitrogens is 4.